The molecule has 19 heavy (non-hydrogen) atoms. The molecule has 1 fully saturated rings. The molecule has 1 aromatic carbocycles. The molecule has 5 nitrogen and oxygen atoms in total. The molecule has 0 aliphatic carbocycles. The van der Waals surface area contributed by atoms with Crippen LogP contribution in [0.15, 0.2) is 24.3 Å². The van der Waals surface area contributed by atoms with Crippen molar-refractivity contribution in [2.75, 3.05) is 6.54 Å². The number of nitrogens with zero attached hydrogens (tertiary/aromatic N) is 1. The van der Waals surface area contributed by atoms with Gasteiger partial charge in [0.05, 0.1) is 6.42 Å². The van der Waals surface area contributed by atoms with E-state index in [0.717, 1.165) is 30.5 Å². The van der Waals surface area contributed by atoms with Crippen LogP contribution in [0.4, 0.5) is 0 Å². The summed E-state index contributed by atoms with van der Waals surface area (Å²) >= 11 is 0. The van der Waals surface area contributed by atoms with Crippen LogP contribution in [0.1, 0.15) is 30.4 Å². The van der Waals surface area contributed by atoms with E-state index in [1.807, 2.05) is 29.2 Å². The van der Waals surface area contributed by atoms with Gasteiger partial charge in [-0.05, 0) is 24.0 Å². The first-order chi connectivity index (χ1) is 9.20. The molecule has 0 bridgehead atoms. The summed E-state index contributed by atoms with van der Waals surface area (Å²) in [4.78, 5) is 25.1. The maximum atomic E-state index is 11.8. The summed E-state index contributed by atoms with van der Waals surface area (Å²) in [5.74, 6) is 5.09. The van der Waals surface area contributed by atoms with Gasteiger partial charge in [-0.3, -0.25) is 15.0 Å². The van der Waals surface area contributed by atoms with Gasteiger partial charge in [0.15, 0.2) is 0 Å². The molecule has 0 atom stereocenters. The van der Waals surface area contributed by atoms with Crippen LogP contribution in [-0.4, -0.2) is 23.3 Å². The fraction of sp³-hybridized carbons (Fsp3) is 0.429. The maximum absolute atomic E-state index is 11.8. The van der Waals surface area contributed by atoms with E-state index < -0.39 is 0 Å². The molecule has 0 saturated carbocycles. The Balaban J connectivity index is 2.10. The lowest BCUT2D eigenvalue weighted by Gasteiger charge is -2.27. The van der Waals surface area contributed by atoms with Crippen molar-refractivity contribution < 1.29 is 9.59 Å². The lowest BCUT2D eigenvalue weighted by atomic mass is 10.0. The molecule has 5 heteroatoms. The summed E-state index contributed by atoms with van der Waals surface area (Å²) in [6, 6.07) is 7.67. The van der Waals surface area contributed by atoms with Crippen molar-refractivity contribution in [3.63, 3.8) is 0 Å². The van der Waals surface area contributed by atoms with E-state index in [4.69, 9.17) is 5.84 Å². The van der Waals surface area contributed by atoms with Gasteiger partial charge in [0.2, 0.25) is 11.8 Å². The number of carbonyl (C=O) groups is 2. The summed E-state index contributed by atoms with van der Waals surface area (Å²) in [6.45, 7) is 1.38. The van der Waals surface area contributed by atoms with E-state index in [-0.39, 0.29) is 18.2 Å². The smallest absolute Gasteiger partial charge is 0.238 e. The zero-order valence-electron chi connectivity index (χ0n) is 10.9. The number of piperidine rings is 1. The molecule has 102 valence electrons. The quantitative estimate of drug-likeness (QED) is 0.476. The van der Waals surface area contributed by atoms with Crippen LogP contribution in [0.2, 0.25) is 0 Å². The normalized spacial score (nSPS) is 15.4. The van der Waals surface area contributed by atoms with Crippen molar-refractivity contribution in [1.29, 1.82) is 0 Å². The lowest BCUT2D eigenvalue weighted by Crippen LogP contribution is -2.35. The Labute approximate surface area is 112 Å². The second-order valence-electron chi connectivity index (χ2n) is 4.79. The van der Waals surface area contributed by atoms with Crippen LogP contribution in [0.5, 0.6) is 0 Å². The second-order valence-corrected chi connectivity index (χ2v) is 4.79. The van der Waals surface area contributed by atoms with Crippen molar-refractivity contribution in [3.05, 3.63) is 35.4 Å². The van der Waals surface area contributed by atoms with E-state index in [0.29, 0.717) is 13.0 Å². The molecule has 0 radical (unpaired) electrons. The second kappa shape index (κ2) is 6.33. The van der Waals surface area contributed by atoms with E-state index in [1.165, 1.54) is 0 Å². The van der Waals surface area contributed by atoms with Crippen LogP contribution in [0.3, 0.4) is 0 Å². The number of nitrogens with two attached hydrogens (primary N) is 1. The number of hydrogen-bond acceptors (Lipinski definition) is 3. The lowest BCUT2D eigenvalue weighted by molar-refractivity contribution is -0.133. The zero-order chi connectivity index (χ0) is 13.7. The molecule has 3 N–H and O–H groups in total. The molecule has 0 spiro atoms. The monoisotopic (exact) mass is 261 g/mol. The first kappa shape index (κ1) is 13.5. The minimum Gasteiger partial charge on any atom is -0.338 e. The predicted molar refractivity (Wildman–Crippen MR) is 71.7 cm³/mol. The number of amides is 2. The van der Waals surface area contributed by atoms with Gasteiger partial charge in [-0.25, -0.2) is 5.84 Å². The van der Waals surface area contributed by atoms with Crippen molar-refractivity contribution in [3.8, 4) is 0 Å². The number of hydrogen-bond donors (Lipinski definition) is 2. The maximum Gasteiger partial charge on any atom is 0.238 e. The zero-order valence-corrected chi connectivity index (χ0v) is 10.9. The highest BCUT2D eigenvalue weighted by atomic mass is 16.2. The molecule has 1 aliphatic heterocycles. The number of carbonyl (C=O) groups excluding carboxylic acids is 2. The largest absolute Gasteiger partial charge is 0.338 e. The number of likely N-dealkylation sites (tertiary alicyclic amines) is 1. The van der Waals surface area contributed by atoms with Crippen LogP contribution < -0.4 is 11.3 Å². The van der Waals surface area contributed by atoms with Crippen LogP contribution in [0, 0.1) is 0 Å². The molecule has 0 unspecified atom stereocenters. The van der Waals surface area contributed by atoms with Crippen molar-refractivity contribution in [2.45, 2.75) is 32.2 Å². The molecule has 0 aromatic heterocycles. The molecule has 2 rings (SSSR count). The highest BCUT2D eigenvalue weighted by Gasteiger charge is 2.19. The highest BCUT2D eigenvalue weighted by molar-refractivity contribution is 5.79. The van der Waals surface area contributed by atoms with Crippen LogP contribution in [-0.2, 0) is 22.6 Å². The summed E-state index contributed by atoms with van der Waals surface area (Å²) in [6.07, 6.45) is 2.91. The standard InChI is InChI=1S/C14H19N3O2/c15-16-13(18)9-11-5-1-2-6-12(11)10-17-8-4-3-7-14(17)19/h1-2,5-6H,3-4,7-10,15H2,(H,16,18). The Kier molecular flexibility index (Phi) is 4.52. The third-order valence-corrected chi connectivity index (χ3v) is 3.41. The summed E-state index contributed by atoms with van der Waals surface area (Å²) < 4.78 is 0. The van der Waals surface area contributed by atoms with Crippen molar-refractivity contribution in [1.82, 2.24) is 10.3 Å². The summed E-state index contributed by atoms with van der Waals surface area (Å²) in [7, 11) is 0. The minimum atomic E-state index is -0.225. The first-order valence-electron chi connectivity index (χ1n) is 6.54. The third kappa shape index (κ3) is 3.54. The molecular weight excluding hydrogens is 242 g/mol. The van der Waals surface area contributed by atoms with Crippen molar-refractivity contribution in [2.24, 2.45) is 5.84 Å². The minimum absolute atomic E-state index is 0.198. The Morgan fingerprint density at radius 2 is 2.00 bits per heavy atom. The number of hydrazine groups is 1. The first-order valence-corrected chi connectivity index (χ1v) is 6.54. The Morgan fingerprint density at radius 3 is 2.68 bits per heavy atom. The Bertz CT molecular complexity index is 474. The fourth-order valence-electron chi connectivity index (χ4n) is 2.34. The third-order valence-electron chi connectivity index (χ3n) is 3.41. The van der Waals surface area contributed by atoms with Gasteiger partial charge in [-0.1, -0.05) is 24.3 Å². The molecular formula is C14H19N3O2. The number of nitrogens with one attached hydrogen (secondary N) is 1. The summed E-state index contributed by atoms with van der Waals surface area (Å²) in [5, 5.41) is 0. The molecule has 1 aromatic rings. The van der Waals surface area contributed by atoms with Gasteiger partial charge in [-0.2, -0.15) is 0 Å². The number of benzene rings is 1. The van der Waals surface area contributed by atoms with E-state index >= 15 is 0 Å². The van der Waals surface area contributed by atoms with Gasteiger partial charge in [0, 0.05) is 19.5 Å². The highest BCUT2D eigenvalue weighted by Crippen LogP contribution is 2.17. The van der Waals surface area contributed by atoms with E-state index in [1.54, 1.807) is 0 Å². The molecule has 1 aliphatic rings. The molecule has 2 amide bonds. The Hall–Kier alpha value is -1.88. The van der Waals surface area contributed by atoms with Crippen LogP contribution >= 0.6 is 0 Å². The molecule has 1 saturated heterocycles. The SMILES string of the molecule is NNC(=O)Cc1ccccc1CN1CCCCC1=O. The number of rotatable bonds is 4. The topological polar surface area (TPSA) is 75.4 Å². The van der Waals surface area contributed by atoms with E-state index in [2.05, 4.69) is 5.43 Å². The fourth-order valence-corrected chi connectivity index (χ4v) is 2.34. The van der Waals surface area contributed by atoms with Gasteiger partial charge in [0.25, 0.3) is 0 Å². The molecule has 1 heterocycles. The van der Waals surface area contributed by atoms with Gasteiger partial charge in [-0.15, -0.1) is 0 Å². The van der Waals surface area contributed by atoms with Gasteiger partial charge in [0.1, 0.15) is 0 Å². The average Bonchev–Trinajstić information content (AvgIpc) is 2.43. The average molecular weight is 261 g/mol. The van der Waals surface area contributed by atoms with Crippen LogP contribution in [0.25, 0.3) is 0 Å². The van der Waals surface area contributed by atoms with Gasteiger partial charge < -0.3 is 4.90 Å². The Morgan fingerprint density at radius 1 is 1.26 bits per heavy atom. The van der Waals surface area contributed by atoms with Crippen molar-refractivity contribution >= 4 is 11.8 Å². The van der Waals surface area contributed by atoms with E-state index in [9.17, 15) is 9.59 Å². The summed E-state index contributed by atoms with van der Waals surface area (Å²) in [5.41, 5.74) is 4.07. The van der Waals surface area contributed by atoms with Gasteiger partial charge >= 0.3 is 0 Å². The predicted octanol–water partition coefficient (Wildman–Crippen LogP) is 0.731.